The third-order valence-electron chi connectivity index (χ3n) is 4.30. The Hall–Kier alpha value is -2.99. The molecule has 0 spiro atoms. The van der Waals surface area contributed by atoms with E-state index in [2.05, 4.69) is 15.0 Å². The van der Waals surface area contributed by atoms with Crippen molar-refractivity contribution in [3.8, 4) is 28.3 Å². The van der Waals surface area contributed by atoms with Crippen LogP contribution < -0.4 is 10.3 Å². The van der Waals surface area contributed by atoms with Gasteiger partial charge in [-0.25, -0.2) is 4.98 Å². The molecule has 5 nitrogen and oxygen atoms in total. The second-order valence-electron chi connectivity index (χ2n) is 6.07. The zero-order chi connectivity index (χ0) is 18.3. The summed E-state index contributed by atoms with van der Waals surface area (Å²) in [7, 11) is 1.64. The Bertz CT molecular complexity index is 1160. The molecule has 0 saturated heterocycles. The van der Waals surface area contributed by atoms with Crippen molar-refractivity contribution >= 4 is 21.6 Å². The lowest BCUT2D eigenvalue weighted by Crippen LogP contribution is -2.09. The molecule has 0 aliphatic rings. The third-order valence-corrected chi connectivity index (χ3v) is 5.30. The minimum atomic E-state index is -0.156. The lowest BCUT2D eigenvalue weighted by Gasteiger charge is -2.10. The molecule has 1 N–H and O–H groups in total. The van der Waals surface area contributed by atoms with E-state index < -0.39 is 0 Å². The van der Waals surface area contributed by atoms with Crippen molar-refractivity contribution in [1.82, 2.24) is 15.0 Å². The highest BCUT2D eigenvalue weighted by Crippen LogP contribution is 2.40. The summed E-state index contributed by atoms with van der Waals surface area (Å²) in [5.74, 6) is 1.27. The van der Waals surface area contributed by atoms with Gasteiger partial charge in [-0.3, -0.25) is 9.78 Å². The summed E-state index contributed by atoms with van der Waals surface area (Å²) in [6.07, 6.45) is 3.38. The van der Waals surface area contributed by atoms with Crippen LogP contribution in [-0.2, 0) is 0 Å². The fourth-order valence-electron chi connectivity index (χ4n) is 3.10. The number of H-pyrrole nitrogens is 1. The summed E-state index contributed by atoms with van der Waals surface area (Å²) in [6, 6.07) is 9.67. The van der Waals surface area contributed by atoms with Crippen molar-refractivity contribution in [2.24, 2.45) is 0 Å². The summed E-state index contributed by atoms with van der Waals surface area (Å²) < 4.78 is 5.52. The number of aromatic amines is 1. The first-order valence-corrected chi connectivity index (χ1v) is 8.99. The number of aryl methyl sites for hydroxylation is 2. The number of hydrogen-bond donors (Lipinski definition) is 1. The number of pyridine rings is 1. The molecule has 1 aromatic carbocycles. The van der Waals surface area contributed by atoms with Crippen molar-refractivity contribution in [1.29, 1.82) is 0 Å². The van der Waals surface area contributed by atoms with E-state index in [4.69, 9.17) is 4.74 Å². The summed E-state index contributed by atoms with van der Waals surface area (Å²) in [6.45, 7) is 4.03. The molecule has 0 unspecified atom stereocenters. The van der Waals surface area contributed by atoms with E-state index >= 15 is 0 Å². The molecule has 0 fully saturated rings. The van der Waals surface area contributed by atoms with Crippen molar-refractivity contribution in [3.05, 3.63) is 63.5 Å². The summed E-state index contributed by atoms with van der Waals surface area (Å²) in [5.41, 5.74) is 3.54. The molecule has 0 aliphatic heterocycles. The minimum Gasteiger partial charge on any atom is -0.496 e. The number of nitrogens with zero attached hydrogens (tertiary/aromatic N) is 2. The molecule has 4 aromatic rings. The number of hydrogen-bond acceptors (Lipinski definition) is 5. The molecular formula is C20H17N3O2S. The quantitative estimate of drug-likeness (QED) is 0.588. The number of thiophene rings is 1. The van der Waals surface area contributed by atoms with E-state index in [9.17, 15) is 4.79 Å². The molecule has 3 aromatic heterocycles. The molecule has 130 valence electrons. The van der Waals surface area contributed by atoms with Crippen molar-refractivity contribution in [2.75, 3.05) is 7.11 Å². The maximum atomic E-state index is 12.9. The molecule has 0 amide bonds. The highest BCUT2D eigenvalue weighted by Gasteiger charge is 2.20. The van der Waals surface area contributed by atoms with Gasteiger partial charge in [0, 0.05) is 34.0 Å². The van der Waals surface area contributed by atoms with E-state index in [1.807, 2.05) is 44.2 Å². The maximum absolute atomic E-state index is 12.9. The Morgan fingerprint density at radius 1 is 1.19 bits per heavy atom. The first-order chi connectivity index (χ1) is 12.6. The Morgan fingerprint density at radius 3 is 2.77 bits per heavy atom. The van der Waals surface area contributed by atoms with Crippen LogP contribution in [-0.4, -0.2) is 22.1 Å². The smallest absolute Gasteiger partial charge is 0.260 e. The number of ether oxygens (including phenoxy) is 1. The number of aromatic nitrogens is 3. The number of fused-ring (bicyclic) bond motifs is 1. The van der Waals surface area contributed by atoms with E-state index in [0.29, 0.717) is 16.0 Å². The van der Waals surface area contributed by atoms with Crippen molar-refractivity contribution in [2.45, 2.75) is 13.8 Å². The van der Waals surface area contributed by atoms with Gasteiger partial charge in [0.2, 0.25) is 0 Å². The van der Waals surface area contributed by atoms with Crippen LogP contribution in [0.3, 0.4) is 0 Å². The van der Waals surface area contributed by atoms with Crippen LogP contribution in [0.5, 0.6) is 5.75 Å². The average molecular weight is 363 g/mol. The number of benzene rings is 1. The molecule has 4 rings (SSSR count). The zero-order valence-electron chi connectivity index (χ0n) is 14.7. The van der Waals surface area contributed by atoms with Gasteiger partial charge >= 0.3 is 0 Å². The van der Waals surface area contributed by atoms with Crippen LogP contribution in [0.25, 0.3) is 32.7 Å². The molecule has 26 heavy (non-hydrogen) atoms. The number of rotatable bonds is 3. The van der Waals surface area contributed by atoms with E-state index in [0.717, 1.165) is 32.9 Å². The first kappa shape index (κ1) is 16.5. The van der Waals surface area contributed by atoms with Crippen LogP contribution in [0.1, 0.15) is 10.4 Å². The van der Waals surface area contributed by atoms with Crippen LogP contribution >= 0.6 is 11.3 Å². The molecule has 0 radical (unpaired) electrons. The van der Waals surface area contributed by atoms with Crippen LogP contribution in [0.2, 0.25) is 0 Å². The molecular weight excluding hydrogens is 346 g/mol. The van der Waals surface area contributed by atoms with Gasteiger partial charge in [0.25, 0.3) is 5.56 Å². The monoisotopic (exact) mass is 363 g/mol. The molecule has 3 heterocycles. The lowest BCUT2D eigenvalue weighted by atomic mass is 10.0. The van der Waals surface area contributed by atoms with Gasteiger partial charge in [0.05, 0.1) is 12.5 Å². The Labute approximate surface area is 154 Å². The van der Waals surface area contributed by atoms with Crippen LogP contribution in [0.15, 0.2) is 47.5 Å². The Kier molecular flexibility index (Phi) is 4.05. The van der Waals surface area contributed by atoms with Gasteiger partial charge in [0.15, 0.2) is 0 Å². The summed E-state index contributed by atoms with van der Waals surface area (Å²) in [5, 5.41) is 0.601. The fourth-order valence-corrected chi connectivity index (χ4v) is 4.14. The third kappa shape index (κ3) is 2.68. The van der Waals surface area contributed by atoms with E-state index in [1.165, 1.54) is 11.3 Å². The van der Waals surface area contributed by atoms with Gasteiger partial charge in [0.1, 0.15) is 16.4 Å². The molecule has 0 atom stereocenters. The SMILES string of the molecule is COc1ccc(C)cc1-c1c(C)sc2nc(-c3cccnc3)[nH]c(=O)c12. The number of nitrogens with one attached hydrogen (secondary N) is 1. The van der Waals surface area contributed by atoms with Crippen LogP contribution in [0.4, 0.5) is 0 Å². The Morgan fingerprint density at radius 2 is 2.04 bits per heavy atom. The van der Waals surface area contributed by atoms with Crippen LogP contribution in [0, 0.1) is 13.8 Å². The topological polar surface area (TPSA) is 67.9 Å². The molecule has 0 aliphatic carbocycles. The highest BCUT2D eigenvalue weighted by atomic mass is 32.1. The van der Waals surface area contributed by atoms with Gasteiger partial charge in [-0.1, -0.05) is 11.6 Å². The second kappa shape index (κ2) is 6.38. The minimum absolute atomic E-state index is 0.156. The standard InChI is InChI=1S/C20H17N3O2S/c1-11-6-7-15(25-3)14(9-11)16-12(2)26-20-17(16)19(24)22-18(23-20)13-5-4-8-21-10-13/h4-10H,1-3H3,(H,22,23,24). The van der Waals surface area contributed by atoms with E-state index in [-0.39, 0.29) is 5.56 Å². The normalized spacial score (nSPS) is 11.0. The predicted molar refractivity (Wildman–Crippen MR) is 105 cm³/mol. The summed E-state index contributed by atoms with van der Waals surface area (Å²) in [4.78, 5) is 26.3. The van der Waals surface area contributed by atoms with Crippen molar-refractivity contribution < 1.29 is 4.74 Å². The zero-order valence-corrected chi connectivity index (χ0v) is 15.5. The largest absolute Gasteiger partial charge is 0.496 e. The molecule has 6 heteroatoms. The molecule has 0 saturated carbocycles. The lowest BCUT2D eigenvalue weighted by molar-refractivity contribution is 0.416. The highest BCUT2D eigenvalue weighted by molar-refractivity contribution is 7.19. The van der Waals surface area contributed by atoms with Gasteiger partial charge < -0.3 is 9.72 Å². The van der Waals surface area contributed by atoms with E-state index in [1.54, 1.807) is 19.5 Å². The van der Waals surface area contributed by atoms with Gasteiger partial charge in [-0.2, -0.15) is 0 Å². The maximum Gasteiger partial charge on any atom is 0.260 e. The van der Waals surface area contributed by atoms with Gasteiger partial charge in [-0.15, -0.1) is 11.3 Å². The number of methoxy groups -OCH3 is 1. The Balaban J connectivity index is 2.00. The predicted octanol–water partition coefficient (Wildman–Crippen LogP) is 4.34. The second-order valence-corrected chi connectivity index (χ2v) is 7.28. The summed E-state index contributed by atoms with van der Waals surface area (Å²) >= 11 is 1.51. The van der Waals surface area contributed by atoms with Gasteiger partial charge in [-0.05, 0) is 38.1 Å². The average Bonchev–Trinajstić information content (AvgIpc) is 2.98. The fraction of sp³-hybridized carbons (Fsp3) is 0.150. The first-order valence-electron chi connectivity index (χ1n) is 8.17. The molecule has 0 bridgehead atoms. The van der Waals surface area contributed by atoms with Crippen molar-refractivity contribution in [3.63, 3.8) is 0 Å².